The second-order valence-electron chi connectivity index (χ2n) is 7.64. The number of imidazole rings is 1. The summed E-state index contributed by atoms with van der Waals surface area (Å²) in [4.78, 5) is 59.4. The molecule has 1 aliphatic rings. The lowest BCUT2D eigenvalue weighted by Crippen LogP contribution is -2.40. The normalized spacial score (nSPS) is 22.3. The van der Waals surface area contributed by atoms with Crippen LogP contribution in [0.2, 0.25) is 0 Å². The maximum absolute atomic E-state index is 12.4. The van der Waals surface area contributed by atoms with E-state index in [-0.39, 0.29) is 54.2 Å². The van der Waals surface area contributed by atoms with Gasteiger partial charge < -0.3 is 34.6 Å². The highest BCUT2D eigenvalue weighted by Crippen LogP contribution is 2.36. The molecule has 1 aliphatic heterocycles. The number of ether oxygens (including phenoxy) is 3. The molecule has 33 heavy (non-hydrogen) atoms. The first-order valence-electron chi connectivity index (χ1n) is 10.3. The Kier molecular flexibility index (Phi) is 7.66. The van der Waals surface area contributed by atoms with Gasteiger partial charge in [0.15, 0.2) is 29.9 Å². The molecule has 1 fully saturated rings. The molecule has 13 nitrogen and oxygen atoms in total. The van der Waals surface area contributed by atoms with Crippen LogP contribution in [0.25, 0.3) is 11.2 Å². The number of esters is 2. The first-order chi connectivity index (χ1) is 15.7. The number of carbonyl (C=O) groups is 4. The molecule has 3 N–H and O–H groups in total. The number of ketones is 2. The molecule has 0 spiro atoms. The van der Waals surface area contributed by atoms with E-state index >= 15 is 0 Å². The first kappa shape index (κ1) is 24.2. The molecule has 13 heteroatoms. The van der Waals surface area contributed by atoms with Crippen LogP contribution in [-0.2, 0) is 33.4 Å². The third kappa shape index (κ3) is 5.68. The third-order valence-corrected chi connectivity index (χ3v) is 5.02. The maximum atomic E-state index is 12.4. The van der Waals surface area contributed by atoms with E-state index in [1.165, 1.54) is 31.1 Å². The Morgan fingerprint density at radius 3 is 2.18 bits per heavy atom. The summed E-state index contributed by atoms with van der Waals surface area (Å²) in [6, 6.07) is 0. The van der Waals surface area contributed by atoms with Crippen LogP contribution in [0, 0.1) is 0 Å². The van der Waals surface area contributed by atoms with Crippen molar-refractivity contribution in [1.29, 1.82) is 0 Å². The van der Waals surface area contributed by atoms with E-state index in [0.29, 0.717) is 0 Å². The quantitative estimate of drug-likeness (QED) is 0.445. The van der Waals surface area contributed by atoms with Crippen molar-refractivity contribution in [2.45, 2.75) is 64.1 Å². The van der Waals surface area contributed by atoms with Gasteiger partial charge in [-0.05, 0) is 13.8 Å². The SMILES string of the molecule is CC(=O)CCC(=O)O[C@@H]1[C@H](OC(=O)CCC(C)=O)[C@@H](CO)O[C@H]1n1cnc2c(N)ncnc21. The van der Waals surface area contributed by atoms with Gasteiger partial charge in [-0.3, -0.25) is 14.2 Å². The van der Waals surface area contributed by atoms with Gasteiger partial charge in [0.1, 0.15) is 29.5 Å². The van der Waals surface area contributed by atoms with Gasteiger partial charge in [-0.1, -0.05) is 0 Å². The molecular weight excluding hydrogens is 438 g/mol. The van der Waals surface area contributed by atoms with Gasteiger partial charge in [-0.2, -0.15) is 0 Å². The number of nitrogen functional groups attached to an aromatic ring is 1. The van der Waals surface area contributed by atoms with Gasteiger partial charge in [0.25, 0.3) is 0 Å². The molecule has 0 saturated carbocycles. The second-order valence-corrected chi connectivity index (χ2v) is 7.64. The van der Waals surface area contributed by atoms with Crippen molar-refractivity contribution >= 4 is 40.5 Å². The van der Waals surface area contributed by atoms with E-state index in [9.17, 15) is 24.3 Å². The molecule has 178 valence electrons. The molecule has 3 heterocycles. The number of hydrogen-bond donors (Lipinski definition) is 2. The highest BCUT2D eigenvalue weighted by atomic mass is 16.6. The number of rotatable bonds is 10. The Labute approximate surface area is 188 Å². The molecule has 0 radical (unpaired) electrons. The number of Topliss-reactive ketones (excluding diaryl/α,β-unsaturated/α-hetero) is 2. The molecule has 0 aliphatic carbocycles. The largest absolute Gasteiger partial charge is 0.455 e. The fraction of sp³-hybridized carbons (Fsp3) is 0.550. The number of aliphatic hydroxyl groups excluding tert-OH is 1. The predicted octanol–water partition coefficient (Wildman–Crippen LogP) is -0.140. The van der Waals surface area contributed by atoms with Crippen LogP contribution >= 0.6 is 0 Å². The van der Waals surface area contributed by atoms with Crippen LogP contribution in [0.5, 0.6) is 0 Å². The molecule has 2 aromatic heterocycles. The number of nitrogens with two attached hydrogens (primary N) is 1. The zero-order valence-corrected chi connectivity index (χ0v) is 18.2. The van der Waals surface area contributed by atoms with Crippen molar-refractivity contribution < 1.29 is 38.5 Å². The van der Waals surface area contributed by atoms with E-state index in [0.717, 1.165) is 0 Å². The van der Waals surface area contributed by atoms with E-state index in [1.807, 2.05) is 0 Å². The van der Waals surface area contributed by atoms with Crippen LogP contribution in [-0.4, -0.2) is 73.0 Å². The molecule has 4 atom stereocenters. The lowest BCUT2D eigenvalue weighted by Gasteiger charge is -2.24. The second kappa shape index (κ2) is 10.4. The van der Waals surface area contributed by atoms with Gasteiger partial charge >= 0.3 is 11.9 Å². The summed E-state index contributed by atoms with van der Waals surface area (Å²) in [5.41, 5.74) is 6.39. The van der Waals surface area contributed by atoms with Crippen molar-refractivity contribution in [2.24, 2.45) is 0 Å². The van der Waals surface area contributed by atoms with Gasteiger partial charge in [0.05, 0.1) is 25.8 Å². The number of fused-ring (bicyclic) bond motifs is 1. The summed E-state index contributed by atoms with van der Waals surface area (Å²) in [6.45, 7) is 2.14. The van der Waals surface area contributed by atoms with Crippen molar-refractivity contribution in [1.82, 2.24) is 19.5 Å². The Balaban J connectivity index is 1.91. The summed E-state index contributed by atoms with van der Waals surface area (Å²) >= 11 is 0. The van der Waals surface area contributed by atoms with Crippen LogP contribution in [0.15, 0.2) is 12.7 Å². The molecule has 1 saturated heterocycles. The fourth-order valence-corrected chi connectivity index (χ4v) is 3.38. The monoisotopic (exact) mass is 463 g/mol. The molecule has 2 aromatic rings. The third-order valence-electron chi connectivity index (χ3n) is 5.02. The Morgan fingerprint density at radius 1 is 1.00 bits per heavy atom. The summed E-state index contributed by atoms with van der Waals surface area (Å²) in [6.07, 6.45) is -2.34. The minimum atomic E-state index is -1.20. The van der Waals surface area contributed by atoms with Gasteiger partial charge in [-0.25, -0.2) is 15.0 Å². The van der Waals surface area contributed by atoms with Crippen molar-refractivity contribution in [3.8, 4) is 0 Å². The van der Waals surface area contributed by atoms with E-state index in [2.05, 4.69) is 15.0 Å². The number of carbonyl (C=O) groups excluding carboxylic acids is 4. The average Bonchev–Trinajstić information content (AvgIpc) is 3.33. The number of aliphatic hydroxyl groups is 1. The minimum absolute atomic E-state index is 0.0228. The molecular formula is C20H25N5O8. The van der Waals surface area contributed by atoms with Crippen molar-refractivity contribution in [3.05, 3.63) is 12.7 Å². The van der Waals surface area contributed by atoms with Crippen LogP contribution in [0.3, 0.4) is 0 Å². The van der Waals surface area contributed by atoms with Crippen LogP contribution < -0.4 is 5.73 Å². The summed E-state index contributed by atoms with van der Waals surface area (Å²) in [7, 11) is 0. The van der Waals surface area contributed by atoms with Crippen LogP contribution in [0.1, 0.15) is 45.8 Å². The number of nitrogens with zero attached hydrogens (tertiary/aromatic N) is 4. The molecule has 3 rings (SSSR count). The smallest absolute Gasteiger partial charge is 0.306 e. The highest BCUT2D eigenvalue weighted by molar-refractivity contribution is 5.82. The van der Waals surface area contributed by atoms with Gasteiger partial charge in [0.2, 0.25) is 0 Å². The molecule has 0 amide bonds. The molecule has 0 bridgehead atoms. The Hall–Kier alpha value is -3.45. The summed E-state index contributed by atoms with van der Waals surface area (Å²) in [5.74, 6) is -1.70. The lowest BCUT2D eigenvalue weighted by atomic mass is 10.1. The van der Waals surface area contributed by atoms with Crippen molar-refractivity contribution in [2.75, 3.05) is 12.3 Å². The summed E-state index contributed by atoms with van der Waals surface area (Å²) < 4.78 is 18.3. The van der Waals surface area contributed by atoms with E-state index in [4.69, 9.17) is 19.9 Å². The van der Waals surface area contributed by atoms with Crippen molar-refractivity contribution in [3.63, 3.8) is 0 Å². The zero-order chi connectivity index (χ0) is 24.1. The number of hydrogen-bond acceptors (Lipinski definition) is 12. The minimum Gasteiger partial charge on any atom is -0.455 e. The Bertz CT molecular complexity index is 1050. The fourth-order valence-electron chi connectivity index (χ4n) is 3.38. The first-order valence-corrected chi connectivity index (χ1v) is 10.3. The van der Waals surface area contributed by atoms with Crippen LogP contribution in [0.4, 0.5) is 5.82 Å². The lowest BCUT2D eigenvalue weighted by molar-refractivity contribution is -0.169. The summed E-state index contributed by atoms with van der Waals surface area (Å²) in [5, 5.41) is 9.84. The predicted molar refractivity (Wildman–Crippen MR) is 110 cm³/mol. The average molecular weight is 463 g/mol. The Morgan fingerprint density at radius 2 is 1.61 bits per heavy atom. The van der Waals surface area contributed by atoms with Gasteiger partial charge in [-0.15, -0.1) is 0 Å². The molecule has 0 unspecified atom stereocenters. The highest BCUT2D eigenvalue weighted by Gasteiger charge is 2.50. The zero-order valence-electron chi connectivity index (χ0n) is 18.2. The standard InChI is InChI=1S/C20H25N5O8/c1-10(27)3-5-13(29)32-16-12(7-26)31-20(17(16)33-14(30)6-4-11(2)28)25-9-24-15-18(21)22-8-23-19(15)25/h8-9,12,16-17,20,26H,3-7H2,1-2H3,(H2,21,22,23)/t12-,16-,17-,20-/m1/s1. The van der Waals surface area contributed by atoms with Gasteiger partial charge in [0, 0.05) is 12.8 Å². The van der Waals surface area contributed by atoms with E-state index < -0.39 is 43.1 Å². The number of aromatic nitrogens is 4. The van der Waals surface area contributed by atoms with E-state index in [1.54, 1.807) is 0 Å². The topological polar surface area (TPSA) is 186 Å². The molecule has 0 aromatic carbocycles. The number of anilines is 1. The maximum Gasteiger partial charge on any atom is 0.306 e.